The molecule has 0 aromatic heterocycles. The summed E-state index contributed by atoms with van der Waals surface area (Å²) in [6.07, 6.45) is 1.91. The first-order valence-electron chi connectivity index (χ1n) is 4.97. The largest absolute Gasteiger partial charge is 0.488 e. The van der Waals surface area contributed by atoms with Gasteiger partial charge in [-0.1, -0.05) is 29.8 Å². The molecule has 0 aliphatic heterocycles. The van der Waals surface area contributed by atoms with Gasteiger partial charge < -0.3 is 10.1 Å². The van der Waals surface area contributed by atoms with Gasteiger partial charge in [0.2, 0.25) is 0 Å². The quantitative estimate of drug-likeness (QED) is 0.594. The molecule has 0 saturated heterocycles. The Kier molecular flexibility index (Phi) is 5.22. The van der Waals surface area contributed by atoms with Gasteiger partial charge in [-0.15, -0.1) is 6.58 Å². The summed E-state index contributed by atoms with van der Waals surface area (Å²) in [5.74, 6) is 0.729. The van der Waals surface area contributed by atoms with E-state index in [4.69, 9.17) is 16.3 Å². The summed E-state index contributed by atoms with van der Waals surface area (Å²) in [6.45, 7) is 7.19. The molecule has 0 bridgehead atoms. The van der Waals surface area contributed by atoms with Crippen LogP contribution in [0.4, 0.5) is 0 Å². The second-order valence-electron chi connectivity index (χ2n) is 3.31. The maximum absolute atomic E-state index is 5.97. The first-order valence-corrected chi connectivity index (χ1v) is 5.34. The molecule has 0 radical (unpaired) electrons. The van der Waals surface area contributed by atoms with Crippen LogP contribution in [-0.2, 0) is 0 Å². The van der Waals surface area contributed by atoms with Crippen LogP contribution in [-0.4, -0.2) is 19.2 Å². The third kappa shape index (κ3) is 4.36. The van der Waals surface area contributed by atoms with Gasteiger partial charge in [0, 0.05) is 13.1 Å². The summed E-state index contributed by atoms with van der Waals surface area (Å²) in [7, 11) is 0. The van der Waals surface area contributed by atoms with Gasteiger partial charge >= 0.3 is 0 Å². The molecule has 15 heavy (non-hydrogen) atoms. The van der Waals surface area contributed by atoms with Crippen LogP contribution in [0.5, 0.6) is 5.75 Å². The topological polar surface area (TPSA) is 21.3 Å². The van der Waals surface area contributed by atoms with Gasteiger partial charge in [-0.05, 0) is 19.1 Å². The number of halogens is 1. The van der Waals surface area contributed by atoms with E-state index in [1.165, 1.54) is 0 Å². The summed E-state index contributed by atoms with van der Waals surface area (Å²) in [6, 6.07) is 7.48. The molecule has 0 heterocycles. The fraction of sp³-hybridized carbons (Fsp3) is 0.333. The molecule has 1 rings (SSSR count). The molecular formula is C12H16ClNO. The van der Waals surface area contributed by atoms with Crippen molar-refractivity contribution in [3.63, 3.8) is 0 Å². The standard InChI is InChI=1S/C12H16ClNO/c1-3-8-14-9-10(2)15-12-7-5-4-6-11(12)13/h3-7,10,14H,1,8-9H2,2H3. The SMILES string of the molecule is C=CCNCC(C)Oc1ccccc1Cl. The Morgan fingerprint density at radius 2 is 2.27 bits per heavy atom. The average Bonchev–Trinajstić information content (AvgIpc) is 2.22. The van der Waals surface area contributed by atoms with Crippen LogP contribution in [0.25, 0.3) is 0 Å². The van der Waals surface area contributed by atoms with E-state index in [1.807, 2.05) is 37.3 Å². The first kappa shape index (κ1) is 12.1. The molecule has 0 saturated carbocycles. The lowest BCUT2D eigenvalue weighted by atomic mass is 10.3. The Morgan fingerprint density at radius 3 is 2.93 bits per heavy atom. The number of hydrogen-bond donors (Lipinski definition) is 1. The Morgan fingerprint density at radius 1 is 1.53 bits per heavy atom. The number of benzene rings is 1. The Bertz CT molecular complexity index is 314. The van der Waals surface area contributed by atoms with Crippen molar-refractivity contribution in [2.45, 2.75) is 13.0 Å². The van der Waals surface area contributed by atoms with Crippen molar-refractivity contribution in [3.8, 4) is 5.75 Å². The maximum Gasteiger partial charge on any atom is 0.138 e. The summed E-state index contributed by atoms with van der Waals surface area (Å²) in [5.41, 5.74) is 0. The first-order chi connectivity index (χ1) is 7.24. The third-order valence-electron chi connectivity index (χ3n) is 1.89. The van der Waals surface area contributed by atoms with E-state index in [-0.39, 0.29) is 6.10 Å². The zero-order chi connectivity index (χ0) is 11.1. The molecule has 1 N–H and O–H groups in total. The van der Waals surface area contributed by atoms with Gasteiger partial charge in [0.05, 0.1) is 5.02 Å². The van der Waals surface area contributed by atoms with Gasteiger partial charge in [-0.2, -0.15) is 0 Å². The molecule has 2 nitrogen and oxygen atoms in total. The molecule has 0 fully saturated rings. The molecule has 1 aromatic rings. The minimum Gasteiger partial charge on any atom is -0.488 e. The van der Waals surface area contributed by atoms with Crippen LogP contribution in [0, 0.1) is 0 Å². The zero-order valence-corrected chi connectivity index (χ0v) is 9.63. The van der Waals surface area contributed by atoms with Crippen LogP contribution in [0.3, 0.4) is 0 Å². The Balaban J connectivity index is 2.40. The normalized spacial score (nSPS) is 12.1. The molecule has 0 aliphatic rings. The number of nitrogens with one attached hydrogen (secondary N) is 1. The van der Waals surface area contributed by atoms with Crippen LogP contribution in [0.1, 0.15) is 6.92 Å². The predicted octanol–water partition coefficient (Wildman–Crippen LogP) is 2.88. The fourth-order valence-electron chi connectivity index (χ4n) is 1.19. The lowest BCUT2D eigenvalue weighted by molar-refractivity contribution is 0.219. The minimum absolute atomic E-state index is 0.0878. The van der Waals surface area contributed by atoms with Gasteiger partial charge in [0.15, 0.2) is 0 Å². The lowest BCUT2D eigenvalue weighted by Gasteiger charge is -2.15. The van der Waals surface area contributed by atoms with E-state index in [0.717, 1.165) is 18.8 Å². The second kappa shape index (κ2) is 6.49. The van der Waals surface area contributed by atoms with Crippen LogP contribution in [0.15, 0.2) is 36.9 Å². The molecule has 0 amide bonds. The predicted molar refractivity (Wildman–Crippen MR) is 64.6 cm³/mol. The van der Waals surface area contributed by atoms with Crippen molar-refractivity contribution in [1.82, 2.24) is 5.32 Å². The van der Waals surface area contributed by atoms with Crippen molar-refractivity contribution in [2.24, 2.45) is 0 Å². The van der Waals surface area contributed by atoms with Crippen molar-refractivity contribution in [3.05, 3.63) is 41.9 Å². The minimum atomic E-state index is 0.0878. The molecule has 0 spiro atoms. The molecule has 1 unspecified atom stereocenters. The summed E-state index contributed by atoms with van der Waals surface area (Å²) in [4.78, 5) is 0. The monoisotopic (exact) mass is 225 g/mol. The highest BCUT2D eigenvalue weighted by molar-refractivity contribution is 6.32. The van der Waals surface area contributed by atoms with E-state index < -0.39 is 0 Å². The number of rotatable bonds is 6. The van der Waals surface area contributed by atoms with Crippen molar-refractivity contribution in [1.29, 1.82) is 0 Å². The third-order valence-corrected chi connectivity index (χ3v) is 2.20. The Labute approximate surface area is 95.9 Å². The molecule has 82 valence electrons. The van der Waals surface area contributed by atoms with Crippen LogP contribution in [0.2, 0.25) is 5.02 Å². The van der Waals surface area contributed by atoms with Crippen molar-refractivity contribution in [2.75, 3.05) is 13.1 Å². The zero-order valence-electron chi connectivity index (χ0n) is 8.87. The lowest BCUT2D eigenvalue weighted by Crippen LogP contribution is -2.29. The highest BCUT2D eigenvalue weighted by Crippen LogP contribution is 2.23. The smallest absolute Gasteiger partial charge is 0.138 e. The van der Waals surface area contributed by atoms with Gasteiger partial charge in [0.25, 0.3) is 0 Å². The number of para-hydroxylation sites is 1. The number of ether oxygens (including phenoxy) is 1. The second-order valence-corrected chi connectivity index (χ2v) is 3.71. The van der Waals surface area contributed by atoms with Gasteiger partial charge in [-0.25, -0.2) is 0 Å². The van der Waals surface area contributed by atoms with Crippen molar-refractivity contribution < 1.29 is 4.74 Å². The Hall–Kier alpha value is -0.990. The summed E-state index contributed by atoms with van der Waals surface area (Å²) >= 11 is 5.97. The highest BCUT2D eigenvalue weighted by atomic mass is 35.5. The maximum atomic E-state index is 5.97. The van der Waals surface area contributed by atoms with E-state index in [9.17, 15) is 0 Å². The van der Waals surface area contributed by atoms with Crippen molar-refractivity contribution >= 4 is 11.6 Å². The molecule has 1 atom stereocenters. The van der Waals surface area contributed by atoms with E-state index >= 15 is 0 Å². The van der Waals surface area contributed by atoms with E-state index in [0.29, 0.717) is 5.02 Å². The molecule has 1 aromatic carbocycles. The van der Waals surface area contributed by atoms with E-state index in [2.05, 4.69) is 11.9 Å². The molecule has 0 aliphatic carbocycles. The average molecular weight is 226 g/mol. The van der Waals surface area contributed by atoms with Crippen LogP contribution < -0.4 is 10.1 Å². The summed E-state index contributed by atoms with van der Waals surface area (Å²) < 4.78 is 5.66. The molecular weight excluding hydrogens is 210 g/mol. The van der Waals surface area contributed by atoms with E-state index in [1.54, 1.807) is 0 Å². The fourth-order valence-corrected chi connectivity index (χ4v) is 1.37. The van der Waals surface area contributed by atoms with Gasteiger partial charge in [0.1, 0.15) is 11.9 Å². The highest BCUT2D eigenvalue weighted by Gasteiger charge is 2.05. The molecule has 3 heteroatoms. The summed E-state index contributed by atoms with van der Waals surface area (Å²) in [5, 5.41) is 3.83. The van der Waals surface area contributed by atoms with Gasteiger partial charge in [-0.3, -0.25) is 0 Å². The number of hydrogen-bond acceptors (Lipinski definition) is 2. The van der Waals surface area contributed by atoms with Crippen LogP contribution >= 0.6 is 11.6 Å².